The Morgan fingerprint density at radius 2 is 2.00 bits per heavy atom. The topological polar surface area (TPSA) is 50.8 Å². The lowest BCUT2D eigenvalue weighted by Gasteiger charge is -2.29. The number of nitrogens with one attached hydrogen (secondary N) is 1. The molecule has 1 aliphatic heterocycles. The Labute approximate surface area is 144 Å². The lowest BCUT2D eigenvalue weighted by atomic mass is 9.86. The SMILES string of the molecule is COC(=O)C1CCC(Nc2cccc(CN3CCOCC3)c2)CC1. The maximum Gasteiger partial charge on any atom is 0.308 e. The molecule has 0 amide bonds. The van der Waals surface area contributed by atoms with Crippen molar-refractivity contribution < 1.29 is 14.3 Å². The molecule has 24 heavy (non-hydrogen) atoms. The third kappa shape index (κ3) is 4.71. The second-order valence-corrected chi connectivity index (χ2v) is 6.80. The zero-order valence-electron chi connectivity index (χ0n) is 14.5. The Morgan fingerprint density at radius 3 is 2.71 bits per heavy atom. The summed E-state index contributed by atoms with van der Waals surface area (Å²) in [6.07, 6.45) is 3.87. The van der Waals surface area contributed by atoms with Gasteiger partial charge in [0.15, 0.2) is 0 Å². The number of benzene rings is 1. The molecule has 132 valence electrons. The van der Waals surface area contributed by atoms with Crippen LogP contribution in [0, 0.1) is 5.92 Å². The van der Waals surface area contributed by atoms with E-state index in [0.29, 0.717) is 6.04 Å². The van der Waals surface area contributed by atoms with Crippen LogP contribution in [-0.2, 0) is 20.8 Å². The zero-order valence-corrected chi connectivity index (χ0v) is 14.5. The fraction of sp³-hybridized carbons (Fsp3) is 0.632. The lowest BCUT2D eigenvalue weighted by molar-refractivity contribution is -0.146. The van der Waals surface area contributed by atoms with Crippen molar-refractivity contribution in [2.24, 2.45) is 5.92 Å². The highest BCUT2D eigenvalue weighted by Gasteiger charge is 2.26. The highest BCUT2D eigenvalue weighted by Crippen LogP contribution is 2.27. The average Bonchev–Trinajstić information content (AvgIpc) is 2.63. The van der Waals surface area contributed by atoms with Crippen LogP contribution in [0.2, 0.25) is 0 Å². The molecule has 2 aliphatic rings. The summed E-state index contributed by atoms with van der Waals surface area (Å²) in [4.78, 5) is 14.0. The Balaban J connectivity index is 1.50. The lowest BCUT2D eigenvalue weighted by Crippen LogP contribution is -2.35. The summed E-state index contributed by atoms with van der Waals surface area (Å²) in [5.74, 6) is 0.0293. The minimum absolute atomic E-state index is 0.0547. The molecule has 0 unspecified atom stereocenters. The molecule has 1 N–H and O–H groups in total. The molecule has 0 radical (unpaired) electrons. The van der Waals surface area contributed by atoms with Crippen LogP contribution in [0.1, 0.15) is 31.2 Å². The first-order chi connectivity index (χ1) is 11.7. The quantitative estimate of drug-likeness (QED) is 0.840. The van der Waals surface area contributed by atoms with E-state index < -0.39 is 0 Å². The van der Waals surface area contributed by atoms with Crippen molar-refractivity contribution in [2.75, 3.05) is 38.7 Å². The molecule has 1 heterocycles. The van der Waals surface area contributed by atoms with Crippen molar-refractivity contribution >= 4 is 11.7 Å². The van der Waals surface area contributed by atoms with Crippen molar-refractivity contribution in [2.45, 2.75) is 38.3 Å². The summed E-state index contributed by atoms with van der Waals surface area (Å²) < 4.78 is 10.3. The molecule has 1 aromatic carbocycles. The number of methoxy groups -OCH3 is 1. The zero-order chi connectivity index (χ0) is 16.8. The first kappa shape index (κ1) is 17.2. The monoisotopic (exact) mass is 332 g/mol. The molecule has 5 nitrogen and oxygen atoms in total. The minimum Gasteiger partial charge on any atom is -0.469 e. The molecular formula is C19H28N2O3. The maximum atomic E-state index is 11.6. The Kier molecular flexibility index (Phi) is 6.10. The van der Waals surface area contributed by atoms with Crippen molar-refractivity contribution in [3.63, 3.8) is 0 Å². The molecule has 1 saturated carbocycles. The van der Waals surface area contributed by atoms with E-state index in [-0.39, 0.29) is 11.9 Å². The van der Waals surface area contributed by atoms with Gasteiger partial charge < -0.3 is 14.8 Å². The van der Waals surface area contributed by atoms with Gasteiger partial charge in [0.25, 0.3) is 0 Å². The molecule has 1 aromatic rings. The third-order valence-corrected chi connectivity index (χ3v) is 5.07. The molecule has 0 bridgehead atoms. The van der Waals surface area contributed by atoms with Crippen molar-refractivity contribution in [3.8, 4) is 0 Å². The molecule has 0 atom stereocenters. The first-order valence-corrected chi connectivity index (χ1v) is 8.98. The van der Waals surface area contributed by atoms with Gasteiger partial charge in [-0.1, -0.05) is 12.1 Å². The van der Waals surface area contributed by atoms with Crippen LogP contribution >= 0.6 is 0 Å². The minimum atomic E-state index is -0.0547. The Hall–Kier alpha value is -1.59. The van der Waals surface area contributed by atoms with Gasteiger partial charge in [-0.15, -0.1) is 0 Å². The van der Waals surface area contributed by atoms with E-state index in [1.54, 1.807) is 0 Å². The number of ether oxygens (including phenoxy) is 2. The predicted molar refractivity (Wildman–Crippen MR) is 93.9 cm³/mol. The highest BCUT2D eigenvalue weighted by molar-refractivity contribution is 5.72. The number of esters is 1. The van der Waals surface area contributed by atoms with E-state index in [2.05, 4.69) is 34.5 Å². The van der Waals surface area contributed by atoms with E-state index >= 15 is 0 Å². The molecule has 2 fully saturated rings. The predicted octanol–water partition coefficient (Wildman–Crippen LogP) is 2.66. The van der Waals surface area contributed by atoms with Gasteiger partial charge in [-0.05, 0) is 43.4 Å². The molecule has 1 aliphatic carbocycles. The van der Waals surface area contributed by atoms with Gasteiger partial charge in [-0.25, -0.2) is 0 Å². The number of morpholine rings is 1. The van der Waals surface area contributed by atoms with Crippen LogP contribution < -0.4 is 5.32 Å². The molecule has 5 heteroatoms. The number of anilines is 1. The van der Waals surface area contributed by atoms with E-state index in [1.807, 2.05) is 0 Å². The van der Waals surface area contributed by atoms with Gasteiger partial charge >= 0.3 is 5.97 Å². The van der Waals surface area contributed by atoms with Gasteiger partial charge in [0.2, 0.25) is 0 Å². The Bertz CT molecular complexity index is 535. The van der Waals surface area contributed by atoms with Gasteiger partial charge in [0.05, 0.1) is 26.2 Å². The Morgan fingerprint density at radius 1 is 1.25 bits per heavy atom. The number of hydrogen-bond acceptors (Lipinski definition) is 5. The van der Waals surface area contributed by atoms with Crippen molar-refractivity contribution in [1.29, 1.82) is 0 Å². The number of carbonyl (C=O) groups excluding carboxylic acids is 1. The molecule has 0 aromatic heterocycles. The van der Waals surface area contributed by atoms with Gasteiger partial charge in [0.1, 0.15) is 0 Å². The van der Waals surface area contributed by atoms with E-state index in [1.165, 1.54) is 18.4 Å². The number of carbonyl (C=O) groups is 1. The third-order valence-electron chi connectivity index (χ3n) is 5.07. The summed E-state index contributed by atoms with van der Waals surface area (Å²) in [5, 5.41) is 3.64. The van der Waals surface area contributed by atoms with Crippen LogP contribution in [0.3, 0.4) is 0 Å². The second kappa shape index (κ2) is 8.49. The van der Waals surface area contributed by atoms with Crippen LogP contribution in [-0.4, -0.2) is 50.3 Å². The van der Waals surface area contributed by atoms with Crippen LogP contribution in [0.25, 0.3) is 0 Å². The molecule has 3 rings (SSSR count). The first-order valence-electron chi connectivity index (χ1n) is 8.98. The summed E-state index contributed by atoms with van der Waals surface area (Å²) in [6, 6.07) is 9.15. The van der Waals surface area contributed by atoms with Gasteiger partial charge in [0, 0.05) is 31.4 Å². The van der Waals surface area contributed by atoms with E-state index in [4.69, 9.17) is 9.47 Å². The van der Waals surface area contributed by atoms with Gasteiger partial charge in [-0.2, -0.15) is 0 Å². The van der Waals surface area contributed by atoms with E-state index in [0.717, 1.165) is 58.5 Å². The molecular weight excluding hydrogens is 304 g/mol. The summed E-state index contributed by atoms with van der Waals surface area (Å²) in [5.41, 5.74) is 2.52. The average molecular weight is 332 g/mol. The maximum absolute atomic E-state index is 11.6. The second-order valence-electron chi connectivity index (χ2n) is 6.80. The normalized spacial score (nSPS) is 25.2. The fourth-order valence-corrected chi connectivity index (χ4v) is 3.65. The number of nitrogens with zero attached hydrogens (tertiary/aromatic N) is 1. The highest BCUT2D eigenvalue weighted by atomic mass is 16.5. The van der Waals surface area contributed by atoms with Crippen LogP contribution in [0.4, 0.5) is 5.69 Å². The van der Waals surface area contributed by atoms with Crippen molar-refractivity contribution in [3.05, 3.63) is 29.8 Å². The summed E-state index contributed by atoms with van der Waals surface area (Å²) >= 11 is 0. The van der Waals surface area contributed by atoms with Crippen LogP contribution in [0.5, 0.6) is 0 Å². The number of hydrogen-bond donors (Lipinski definition) is 1. The molecule has 0 spiro atoms. The summed E-state index contributed by atoms with van der Waals surface area (Å²) in [7, 11) is 1.48. The molecule has 1 saturated heterocycles. The van der Waals surface area contributed by atoms with Crippen LogP contribution in [0.15, 0.2) is 24.3 Å². The smallest absolute Gasteiger partial charge is 0.308 e. The van der Waals surface area contributed by atoms with Crippen molar-refractivity contribution in [1.82, 2.24) is 4.90 Å². The standard InChI is InChI=1S/C19H28N2O3/c1-23-19(22)16-5-7-17(8-6-16)20-18-4-2-3-15(13-18)14-21-9-11-24-12-10-21/h2-4,13,16-17,20H,5-12,14H2,1H3. The number of rotatable bonds is 5. The van der Waals surface area contributed by atoms with E-state index in [9.17, 15) is 4.79 Å². The fourth-order valence-electron chi connectivity index (χ4n) is 3.65. The summed E-state index contributed by atoms with van der Waals surface area (Å²) in [6.45, 7) is 4.67. The van der Waals surface area contributed by atoms with Gasteiger partial charge in [-0.3, -0.25) is 9.69 Å². The largest absolute Gasteiger partial charge is 0.469 e.